The van der Waals surface area contributed by atoms with E-state index in [2.05, 4.69) is 10.2 Å². The Morgan fingerprint density at radius 1 is 0.911 bits per heavy atom. The summed E-state index contributed by atoms with van der Waals surface area (Å²) >= 11 is 0. The van der Waals surface area contributed by atoms with E-state index in [4.69, 9.17) is 14.2 Å². The molecule has 1 aromatic heterocycles. The summed E-state index contributed by atoms with van der Waals surface area (Å²) in [6.07, 6.45) is 0.644. The van der Waals surface area contributed by atoms with Gasteiger partial charge in [0.2, 0.25) is 0 Å². The van der Waals surface area contributed by atoms with Gasteiger partial charge in [0.25, 0.3) is 5.91 Å². The quantitative estimate of drug-likeness (QED) is 0.166. The Kier molecular flexibility index (Phi) is 8.47. The van der Waals surface area contributed by atoms with Crippen LogP contribution in [0.1, 0.15) is 56.8 Å². The molecule has 0 radical (unpaired) electrons. The number of benzene rings is 4. The summed E-state index contributed by atoms with van der Waals surface area (Å²) in [7, 11) is 1.64. The van der Waals surface area contributed by atoms with Crippen LogP contribution in [-0.4, -0.2) is 46.4 Å². The number of aromatic amines is 1. The number of aromatic nitrogens is 2. The van der Waals surface area contributed by atoms with E-state index in [1.54, 1.807) is 7.11 Å². The molecule has 0 bridgehead atoms. The summed E-state index contributed by atoms with van der Waals surface area (Å²) in [5, 5.41) is 18.7. The second kappa shape index (κ2) is 12.8. The topological polar surface area (TPSA) is 96.9 Å². The maximum absolute atomic E-state index is 14.0. The molecule has 1 aliphatic rings. The Hall–Kier alpha value is -5.24. The maximum atomic E-state index is 14.0. The third kappa shape index (κ3) is 5.96. The number of aryl methyl sites for hydroxylation is 2. The fourth-order valence-electron chi connectivity index (χ4n) is 5.98. The van der Waals surface area contributed by atoms with Gasteiger partial charge in [0.05, 0.1) is 19.8 Å². The van der Waals surface area contributed by atoms with Crippen molar-refractivity contribution >= 4 is 5.91 Å². The van der Waals surface area contributed by atoms with Crippen LogP contribution in [-0.2, 0) is 13.0 Å². The molecule has 1 unspecified atom stereocenters. The van der Waals surface area contributed by atoms with Crippen molar-refractivity contribution in [3.8, 4) is 34.3 Å². The third-order valence-electron chi connectivity index (χ3n) is 8.18. The van der Waals surface area contributed by atoms with Crippen molar-refractivity contribution in [1.82, 2.24) is 15.1 Å². The van der Waals surface area contributed by atoms with Crippen LogP contribution in [0.5, 0.6) is 23.0 Å². The zero-order chi connectivity index (χ0) is 31.5. The second-order valence-corrected chi connectivity index (χ2v) is 11.3. The zero-order valence-electron chi connectivity index (χ0n) is 26.0. The molecule has 2 heterocycles. The van der Waals surface area contributed by atoms with Gasteiger partial charge < -0.3 is 24.2 Å². The van der Waals surface area contributed by atoms with Crippen LogP contribution in [0.2, 0.25) is 0 Å². The normalized spacial score (nSPS) is 14.0. The van der Waals surface area contributed by atoms with Gasteiger partial charge in [0.15, 0.2) is 11.5 Å². The highest BCUT2D eigenvalue weighted by atomic mass is 16.5. The molecule has 5 aromatic rings. The first-order chi connectivity index (χ1) is 21.9. The van der Waals surface area contributed by atoms with Gasteiger partial charge in [-0.1, -0.05) is 54.6 Å². The highest BCUT2D eigenvalue weighted by molar-refractivity contribution is 6.00. The molecule has 2 N–H and O–H groups in total. The number of H-pyrrole nitrogens is 1. The molecular weight excluding hydrogens is 566 g/mol. The van der Waals surface area contributed by atoms with Crippen molar-refractivity contribution in [3.63, 3.8) is 0 Å². The van der Waals surface area contributed by atoms with Gasteiger partial charge in [0.1, 0.15) is 29.5 Å². The number of hydrogen-bond acceptors (Lipinski definition) is 6. The largest absolute Gasteiger partial charge is 0.507 e. The molecule has 0 saturated carbocycles. The van der Waals surface area contributed by atoms with Crippen molar-refractivity contribution in [3.05, 3.63) is 124 Å². The van der Waals surface area contributed by atoms with Crippen LogP contribution in [0.15, 0.2) is 84.9 Å². The molecule has 230 valence electrons. The lowest BCUT2D eigenvalue weighted by Crippen LogP contribution is -2.31. The summed E-state index contributed by atoms with van der Waals surface area (Å²) in [6.45, 7) is 7.10. The fourth-order valence-corrected chi connectivity index (χ4v) is 5.98. The van der Waals surface area contributed by atoms with Crippen molar-refractivity contribution in [1.29, 1.82) is 0 Å². The van der Waals surface area contributed by atoms with Crippen LogP contribution in [0, 0.1) is 13.8 Å². The minimum Gasteiger partial charge on any atom is -0.507 e. The summed E-state index contributed by atoms with van der Waals surface area (Å²) in [6, 6.07) is 27.1. The molecule has 0 spiro atoms. The van der Waals surface area contributed by atoms with E-state index in [1.165, 1.54) is 0 Å². The number of nitrogens with one attached hydrogen (secondary N) is 1. The van der Waals surface area contributed by atoms with Crippen molar-refractivity contribution in [2.45, 2.75) is 39.8 Å². The summed E-state index contributed by atoms with van der Waals surface area (Å²) < 4.78 is 17.6. The zero-order valence-corrected chi connectivity index (χ0v) is 26.0. The first-order valence-corrected chi connectivity index (χ1v) is 15.1. The van der Waals surface area contributed by atoms with Crippen LogP contribution >= 0.6 is 0 Å². The molecule has 8 nitrogen and oxygen atoms in total. The molecule has 0 saturated heterocycles. The van der Waals surface area contributed by atoms with Gasteiger partial charge >= 0.3 is 0 Å². The summed E-state index contributed by atoms with van der Waals surface area (Å²) in [5.74, 6) is 2.01. The lowest BCUT2D eigenvalue weighted by molar-refractivity contribution is 0.0745. The van der Waals surface area contributed by atoms with E-state index in [0.29, 0.717) is 54.6 Å². The van der Waals surface area contributed by atoms with Gasteiger partial charge in [-0.3, -0.25) is 9.89 Å². The van der Waals surface area contributed by atoms with E-state index >= 15 is 0 Å². The number of carbonyl (C=O) groups excluding carboxylic acids is 1. The molecule has 1 aliphatic heterocycles. The first-order valence-electron chi connectivity index (χ1n) is 15.1. The Balaban J connectivity index is 1.41. The number of fused-ring (bicyclic) bond motifs is 1. The lowest BCUT2D eigenvalue weighted by atomic mass is 9.93. The smallest absolute Gasteiger partial charge is 0.273 e. The van der Waals surface area contributed by atoms with E-state index in [0.717, 1.165) is 39.1 Å². The standard InChI is InChI=1S/C37H37N3O5/c1-5-44-31-21-27(13-16-30(31)45-22-26-9-7-6-8-10-26)35-32-33(29-20-23(2)19-24(3)36(29)41)38-39-34(32)37(42)40(35)18-17-25-11-14-28(43-4)15-12-25/h6-16,19-21,35,41H,5,17-18,22H2,1-4H3,(H,38,39). The summed E-state index contributed by atoms with van der Waals surface area (Å²) in [4.78, 5) is 15.9. The first kappa shape index (κ1) is 29.8. The maximum Gasteiger partial charge on any atom is 0.273 e. The fraction of sp³-hybridized carbons (Fsp3) is 0.243. The van der Waals surface area contributed by atoms with E-state index in [9.17, 15) is 9.90 Å². The van der Waals surface area contributed by atoms with Crippen LogP contribution < -0.4 is 14.2 Å². The number of phenols is 1. The number of carbonyl (C=O) groups is 1. The minimum atomic E-state index is -0.470. The van der Waals surface area contributed by atoms with Gasteiger partial charge in [-0.25, -0.2) is 0 Å². The van der Waals surface area contributed by atoms with E-state index in [1.807, 2.05) is 111 Å². The van der Waals surface area contributed by atoms with Crippen LogP contribution in [0.25, 0.3) is 11.3 Å². The molecular formula is C37H37N3O5. The highest BCUT2D eigenvalue weighted by Gasteiger charge is 2.42. The summed E-state index contributed by atoms with van der Waals surface area (Å²) in [5.41, 5.74) is 7.04. The molecule has 0 aliphatic carbocycles. The van der Waals surface area contributed by atoms with Gasteiger partial charge in [-0.2, -0.15) is 5.10 Å². The predicted octanol–water partition coefficient (Wildman–Crippen LogP) is 7.17. The SMILES string of the molecule is CCOc1cc(C2c3c(-c4cc(C)cc(C)c4O)n[nH]c3C(=O)N2CCc2ccc(OC)cc2)ccc1OCc1ccccc1. The van der Waals surface area contributed by atoms with Crippen LogP contribution in [0.3, 0.4) is 0 Å². The van der Waals surface area contributed by atoms with Gasteiger partial charge in [0, 0.05) is 17.7 Å². The average molecular weight is 604 g/mol. The lowest BCUT2D eigenvalue weighted by Gasteiger charge is -2.27. The Morgan fingerprint density at radius 2 is 1.69 bits per heavy atom. The van der Waals surface area contributed by atoms with Gasteiger partial charge in [-0.15, -0.1) is 0 Å². The number of hydrogen-bond donors (Lipinski definition) is 2. The Morgan fingerprint density at radius 3 is 2.42 bits per heavy atom. The molecule has 4 aromatic carbocycles. The number of rotatable bonds is 11. The molecule has 45 heavy (non-hydrogen) atoms. The molecule has 1 amide bonds. The van der Waals surface area contributed by atoms with Crippen molar-refractivity contribution in [2.75, 3.05) is 20.3 Å². The number of phenolic OH excluding ortho intramolecular Hbond substituents is 1. The molecule has 0 fully saturated rings. The minimum absolute atomic E-state index is 0.145. The molecule has 6 rings (SSSR count). The van der Waals surface area contributed by atoms with Crippen molar-refractivity contribution < 1.29 is 24.1 Å². The monoisotopic (exact) mass is 603 g/mol. The Bertz CT molecular complexity index is 1810. The second-order valence-electron chi connectivity index (χ2n) is 11.3. The molecule has 8 heteroatoms. The number of amides is 1. The molecule has 1 atom stereocenters. The van der Waals surface area contributed by atoms with E-state index in [-0.39, 0.29) is 11.7 Å². The van der Waals surface area contributed by atoms with Crippen LogP contribution in [0.4, 0.5) is 0 Å². The number of aromatic hydroxyl groups is 1. The third-order valence-corrected chi connectivity index (χ3v) is 8.18. The average Bonchev–Trinajstić information content (AvgIpc) is 3.60. The Labute approximate surface area is 263 Å². The predicted molar refractivity (Wildman–Crippen MR) is 173 cm³/mol. The van der Waals surface area contributed by atoms with Gasteiger partial charge in [-0.05, 0) is 85.3 Å². The highest BCUT2D eigenvalue weighted by Crippen LogP contribution is 2.46. The number of methoxy groups -OCH3 is 1. The number of nitrogens with zero attached hydrogens (tertiary/aromatic N) is 2. The van der Waals surface area contributed by atoms with E-state index < -0.39 is 6.04 Å². The number of ether oxygens (including phenoxy) is 3. The van der Waals surface area contributed by atoms with Crippen molar-refractivity contribution in [2.24, 2.45) is 0 Å².